The molecule has 4 aromatic rings. The van der Waals surface area contributed by atoms with Crippen LogP contribution in [0.25, 0.3) is 10.4 Å². The number of azide groups is 1. The molecule has 0 aliphatic carbocycles. The summed E-state index contributed by atoms with van der Waals surface area (Å²) in [5.41, 5.74) is 17.0. The molecule has 0 amide bonds. The summed E-state index contributed by atoms with van der Waals surface area (Å²) >= 11 is 0. The summed E-state index contributed by atoms with van der Waals surface area (Å²) < 4.78 is 6.10. The SMILES string of the molecule is CC(C)(C)c1ccc(C(c2ccc(OCCCCN=[N+]=[N-])cc2)(c2ccc(C(C)(C)C)cc2)c2ccc(C(C)(C)C)cc2)cc1. The maximum Gasteiger partial charge on any atom is 0.119 e. The zero-order valence-electron chi connectivity index (χ0n) is 28.8. The van der Waals surface area contributed by atoms with Crippen molar-refractivity contribution in [2.45, 2.75) is 96.8 Å². The van der Waals surface area contributed by atoms with Gasteiger partial charge in [0.05, 0.1) is 12.0 Å². The molecular weight excluding hydrogens is 550 g/mol. The molecule has 4 aromatic carbocycles. The molecule has 0 spiro atoms. The fraction of sp³-hybridized carbons (Fsp3) is 0.415. The quantitative estimate of drug-likeness (QED) is 0.0586. The van der Waals surface area contributed by atoms with Gasteiger partial charge in [-0.25, -0.2) is 0 Å². The molecule has 0 saturated carbocycles. The monoisotopic (exact) mass is 601 g/mol. The van der Waals surface area contributed by atoms with Crippen LogP contribution in [0.3, 0.4) is 0 Å². The van der Waals surface area contributed by atoms with Crippen LogP contribution in [0, 0.1) is 0 Å². The summed E-state index contributed by atoms with van der Waals surface area (Å²) in [5.74, 6) is 0.839. The molecule has 0 fully saturated rings. The topological polar surface area (TPSA) is 58.0 Å². The van der Waals surface area contributed by atoms with Gasteiger partial charge in [-0.1, -0.05) is 152 Å². The average molecular weight is 602 g/mol. The van der Waals surface area contributed by atoms with Crippen molar-refractivity contribution in [1.29, 1.82) is 0 Å². The maximum absolute atomic E-state index is 8.51. The molecule has 4 nitrogen and oxygen atoms in total. The lowest BCUT2D eigenvalue weighted by Crippen LogP contribution is -2.31. The molecule has 0 atom stereocenters. The van der Waals surface area contributed by atoms with Crippen molar-refractivity contribution in [1.82, 2.24) is 0 Å². The minimum absolute atomic E-state index is 0.0594. The van der Waals surface area contributed by atoms with E-state index < -0.39 is 5.41 Å². The second-order valence-corrected chi connectivity index (χ2v) is 15.3. The second-order valence-electron chi connectivity index (χ2n) is 15.3. The zero-order valence-corrected chi connectivity index (χ0v) is 28.8. The molecule has 0 unspecified atom stereocenters. The Morgan fingerprint density at radius 3 is 1.11 bits per heavy atom. The fourth-order valence-corrected chi connectivity index (χ4v) is 5.98. The third kappa shape index (κ3) is 7.81. The highest BCUT2D eigenvalue weighted by Gasteiger charge is 2.39. The summed E-state index contributed by atoms with van der Waals surface area (Å²) in [6.07, 6.45) is 1.65. The van der Waals surface area contributed by atoms with E-state index in [4.69, 9.17) is 10.3 Å². The zero-order chi connectivity index (χ0) is 32.9. The third-order valence-electron chi connectivity index (χ3n) is 8.82. The van der Waals surface area contributed by atoms with E-state index in [1.165, 1.54) is 38.9 Å². The lowest BCUT2D eigenvalue weighted by atomic mass is 9.64. The first-order valence-corrected chi connectivity index (χ1v) is 16.2. The van der Waals surface area contributed by atoms with Crippen LogP contribution in [0.1, 0.15) is 114 Å². The summed E-state index contributed by atoms with van der Waals surface area (Å²) in [4.78, 5) is 2.83. The molecule has 0 saturated heterocycles. The number of benzene rings is 4. The first kappa shape index (κ1) is 33.9. The Morgan fingerprint density at radius 1 is 0.489 bits per heavy atom. The Morgan fingerprint density at radius 2 is 0.800 bits per heavy atom. The molecule has 0 bridgehead atoms. The number of unbranched alkanes of at least 4 members (excludes halogenated alkanes) is 1. The van der Waals surface area contributed by atoms with Crippen molar-refractivity contribution in [2.24, 2.45) is 5.11 Å². The van der Waals surface area contributed by atoms with Crippen LogP contribution in [-0.2, 0) is 21.7 Å². The summed E-state index contributed by atoms with van der Waals surface area (Å²) in [6, 6.07) is 36.4. The molecule has 236 valence electrons. The number of hydrogen-bond acceptors (Lipinski definition) is 2. The molecule has 4 rings (SSSR count). The van der Waals surface area contributed by atoms with Gasteiger partial charge in [0.25, 0.3) is 0 Å². The highest BCUT2D eigenvalue weighted by molar-refractivity contribution is 5.61. The second kappa shape index (κ2) is 13.5. The molecule has 0 N–H and O–H groups in total. The van der Waals surface area contributed by atoms with Crippen LogP contribution in [-0.4, -0.2) is 13.2 Å². The summed E-state index contributed by atoms with van der Waals surface area (Å²) in [7, 11) is 0. The third-order valence-corrected chi connectivity index (χ3v) is 8.82. The van der Waals surface area contributed by atoms with Crippen LogP contribution in [0.4, 0.5) is 0 Å². The Labute approximate surface area is 271 Å². The van der Waals surface area contributed by atoms with Crippen LogP contribution in [0.15, 0.2) is 102 Å². The predicted octanol–water partition coefficient (Wildman–Crippen LogP) is 11.4. The van der Waals surface area contributed by atoms with Gasteiger partial charge in [-0.3, -0.25) is 0 Å². The van der Waals surface area contributed by atoms with Crippen molar-refractivity contribution < 1.29 is 4.74 Å². The summed E-state index contributed by atoms with van der Waals surface area (Å²) in [5, 5.41) is 3.62. The van der Waals surface area contributed by atoms with Gasteiger partial charge in [0.15, 0.2) is 0 Å². The van der Waals surface area contributed by atoms with Crippen LogP contribution in [0.2, 0.25) is 0 Å². The van der Waals surface area contributed by atoms with Gasteiger partial charge in [0, 0.05) is 11.5 Å². The van der Waals surface area contributed by atoms with Crippen molar-refractivity contribution in [3.05, 3.63) is 146 Å². The van der Waals surface area contributed by atoms with Gasteiger partial charge in [-0.15, -0.1) is 0 Å². The minimum atomic E-state index is -0.545. The average Bonchev–Trinajstić information content (AvgIpc) is 2.99. The van der Waals surface area contributed by atoms with Gasteiger partial charge >= 0.3 is 0 Å². The van der Waals surface area contributed by atoms with E-state index in [2.05, 4.69) is 169 Å². The van der Waals surface area contributed by atoms with Crippen molar-refractivity contribution in [2.75, 3.05) is 13.2 Å². The Balaban J connectivity index is 1.91. The van der Waals surface area contributed by atoms with Gasteiger partial charge in [0.1, 0.15) is 5.75 Å². The molecular formula is C41H51N3O. The molecule has 4 heteroatoms. The number of hydrogen-bond donors (Lipinski definition) is 0. The highest BCUT2D eigenvalue weighted by atomic mass is 16.5. The Bertz CT molecular complexity index is 1430. The first-order chi connectivity index (χ1) is 21.2. The van der Waals surface area contributed by atoms with E-state index in [-0.39, 0.29) is 16.2 Å². The number of rotatable bonds is 10. The Kier molecular flexibility index (Phi) is 10.2. The Hall–Kier alpha value is -4.01. The number of nitrogens with zero attached hydrogens (tertiary/aromatic N) is 3. The van der Waals surface area contributed by atoms with Crippen LogP contribution >= 0.6 is 0 Å². The van der Waals surface area contributed by atoms with Crippen LogP contribution in [0.5, 0.6) is 5.75 Å². The largest absolute Gasteiger partial charge is 0.494 e. The van der Waals surface area contributed by atoms with E-state index >= 15 is 0 Å². The van der Waals surface area contributed by atoms with Gasteiger partial charge in [-0.2, -0.15) is 0 Å². The lowest BCUT2D eigenvalue weighted by Gasteiger charge is -2.38. The number of ether oxygens (including phenoxy) is 1. The smallest absolute Gasteiger partial charge is 0.119 e. The minimum Gasteiger partial charge on any atom is -0.494 e. The van der Waals surface area contributed by atoms with E-state index in [0.717, 1.165) is 18.6 Å². The van der Waals surface area contributed by atoms with Crippen LogP contribution < -0.4 is 4.74 Å². The normalized spacial score (nSPS) is 12.5. The summed E-state index contributed by atoms with van der Waals surface area (Å²) in [6.45, 7) is 21.5. The highest BCUT2D eigenvalue weighted by Crippen LogP contribution is 2.47. The standard InChI is InChI=1S/C41H51N3O/c1-38(2,3)30-12-18-33(19-13-30)41(34-20-14-31(15-21-34)39(4,5)6,35-22-16-32(17-23-35)40(7,8)9)36-24-26-37(27-25-36)45-29-11-10-28-43-44-42/h12-27H,10-11,28-29H2,1-9H3. The van der Waals surface area contributed by atoms with Gasteiger partial charge in [-0.05, 0) is 85.7 Å². The van der Waals surface area contributed by atoms with E-state index in [1.807, 2.05) is 0 Å². The lowest BCUT2D eigenvalue weighted by molar-refractivity contribution is 0.307. The first-order valence-electron chi connectivity index (χ1n) is 16.2. The molecule has 0 radical (unpaired) electrons. The molecule has 0 aromatic heterocycles. The molecule has 0 heterocycles. The maximum atomic E-state index is 8.51. The molecule has 0 aliphatic rings. The fourth-order valence-electron chi connectivity index (χ4n) is 5.98. The van der Waals surface area contributed by atoms with Gasteiger partial charge < -0.3 is 4.74 Å². The molecule has 45 heavy (non-hydrogen) atoms. The van der Waals surface area contributed by atoms with Gasteiger partial charge in [0.2, 0.25) is 0 Å². The molecule has 0 aliphatic heterocycles. The van der Waals surface area contributed by atoms with E-state index in [9.17, 15) is 0 Å². The van der Waals surface area contributed by atoms with E-state index in [1.54, 1.807) is 0 Å². The van der Waals surface area contributed by atoms with E-state index in [0.29, 0.717) is 13.2 Å². The predicted molar refractivity (Wildman–Crippen MR) is 190 cm³/mol. The van der Waals surface area contributed by atoms with Crippen molar-refractivity contribution in [3.8, 4) is 5.75 Å². The van der Waals surface area contributed by atoms with Crippen molar-refractivity contribution >= 4 is 0 Å². The van der Waals surface area contributed by atoms with Crippen molar-refractivity contribution in [3.63, 3.8) is 0 Å².